The molecule has 222 valence electrons. The topological polar surface area (TPSA) is 152 Å². The van der Waals surface area contributed by atoms with Gasteiger partial charge in [-0.05, 0) is 64.4 Å². The zero-order chi connectivity index (χ0) is 29.7. The summed E-state index contributed by atoms with van der Waals surface area (Å²) in [6.07, 6.45) is 1.60. The van der Waals surface area contributed by atoms with Gasteiger partial charge in [0, 0.05) is 36.9 Å². The lowest BCUT2D eigenvalue weighted by atomic mass is 9.50. The molecule has 5 rings (SSSR count). The van der Waals surface area contributed by atoms with Crippen LogP contribution in [0, 0.1) is 5.92 Å². The molecule has 0 aromatic heterocycles. The summed E-state index contributed by atoms with van der Waals surface area (Å²) in [5, 5.41) is 25.4. The number of ketones is 1. The lowest BCUT2D eigenvalue weighted by molar-refractivity contribution is -0.175. The van der Waals surface area contributed by atoms with Crippen LogP contribution in [0.5, 0.6) is 11.5 Å². The van der Waals surface area contributed by atoms with Crippen LogP contribution in [0.1, 0.15) is 64.0 Å². The Morgan fingerprint density at radius 3 is 2.71 bits per heavy atom. The molecule has 41 heavy (non-hydrogen) atoms. The normalized spacial score (nSPS) is 28.9. The smallest absolute Gasteiger partial charge is 0.352 e. The molecule has 1 saturated heterocycles. The first-order chi connectivity index (χ1) is 19.4. The summed E-state index contributed by atoms with van der Waals surface area (Å²) in [7, 11) is 1.99. The number of aliphatic hydroxyl groups is 1. The molecule has 2 heterocycles. The minimum Gasteiger partial charge on any atom is -0.504 e. The fraction of sp³-hybridized carbons (Fsp3) is 0.600. The molecule has 0 unspecified atom stereocenters. The van der Waals surface area contributed by atoms with Crippen LogP contribution < -0.4 is 10.1 Å². The fourth-order valence-electron chi connectivity index (χ4n) is 6.95. The van der Waals surface area contributed by atoms with Gasteiger partial charge in [-0.1, -0.05) is 13.0 Å². The van der Waals surface area contributed by atoms with Crippen LogP contribution in [-0.4, -0.2) is 82.7 Å². The van der Waals surface area contributed by atoms with Crippen LogP contribution in [0.4, 0.5) is 0 Å². The molecule has 0 saturated carbocycles. The number of Topliss-reactive ketones (excluding diaryl/α,β-unsaturated/α-hetero) is 1. The number of nitrogens with zero attached hydrogens (tertiary/aromatic N) is 1. The first-order valence-electron chi connectivity index (χ1n) is 14.2. The molecule has 2 aliphatic heterocycles. The van der Waals surface area contributed by atoms with Crippen LogP contribution in [0.2, 0.25) is 0 Å². The summed E-state index contributed by atoms with van der Waals surface area (Å²) in [6.45, 7) is 5.32. The number of carbonyl (C=O) groups is 4. The zero-order valence-electron chi connectivity index (χ0n) is 23.9. The van der Waals surface area contributed by atoms with E-state index in [1.165, 1.54) is 13.8 Å². The molecular formula is C30H38N2O9. The molecule has 3 N–H and O–H groups in total. The van der Waals surface area contributed by atoms with E-state index in [2.05, 4.69) is 10.2 Å². The summed E-state index contributed by atoms with van der Waals surface area (Å²) < 4.78 is 17.3. The number of likely N-dealkylation sites (N-methyl/N-ethyl adjacent to an activating group) is 1. The predicted molar refractivity (Wildman–Crippen MR) is 145 cm³/mol. The van der Waals surface area contributed by atoms with E-state index in [1.54, 1.807) is 19.1 Å². The molecule has 0 radical (unpaired) electrons. The molecule has 1 amide bonds. The van der Waals surface area contributed by atoms with E-state index < -0.39 is 35.2 Å². The van der Waals surface area contributed by atoms with E-state index in [-0.39, 0.29) is 54.5 Å². The Labute approximate surface area is 238 Å². The number of likely N-dealkylation sites (tertiary alicyclic amines) is 1. The van der Waals surface area contributed by atoms with Crippen molar-refractivity contribution in [1.29, 1.82) is 0 Å². The summed E-state index contributed by atoms with van der Waals surface area (Å²) in [5.41, 5.74) is -0.293. The SMILES string of the molecule is CC(=O)CC[C@H](C)C(=O)NCCC(=O)O[C@@H](C)C(=O)OC1=CC[C@@]2(O)[C@H]3Cc4ccc(O)c5c4[C@@]2(CCN3C)[C@H]1O5. The number of esters is 2. The highest BCUT2D eigenvalue weighted by Crippen LogP contribution is 2.65. The number of ether oxygens (including phenoxy) is 3. The second-order valence-corrected chi connectivity index (χ2v) is 11.8. The van der Waals surface area contributed by atoms with Crippen molar-refractivity contribution in [2.75, 3.05) is 20.1 Å². The van der Waals surface area contributed by atoms with Gasteiger partial charge >= 0.3 is 11.9 Å². The third kappa shape index (κ3) is 4.78. The lowest BCUT2D eigenvalue weighted by Crippen LogP contribution is -2.74. The Morgan fingerprint density at radius 1 is 1.22 bits per heavy atom. The molecular weight excluding hydrogens is 532 g/mol. The van der Waals surface area contributed by atoms with Gasteiger partial charge in [0.2, 0.25) is 5.91 Å². The largest absolute Gasteiger partial charge is 0.504 e. The van der Waals surface area contributed by atoms with Crippen molar-refractivity contribution in [3.8, 4) is 11.5 Å². The molecule has 6 atom stereocenters. The molecule has 11 heteroatoms. The first-order valence-corrected chi connectivity index (χ1v) is 14.2. The van der Waals surface area contributed by atoms with Crippen molar-refractivity contribution in [2.45, 2.75) is 88.6 Å². The number of aromatic hydroxyl groups is 1. The van der Waals surface area contributed by atoms with Gasteiger partial charge < -0.3 is 39.4 Å². The van der Waals surface area contributed by atoms with Gasteiger partial charge in [-0.3, -0.25) is 9.59 Å². The second-order valence-electron chi connectivity index (χ2n) is 11.8. The van der Waals surface area contributed by atoms with Crippen LogP contribution in [-0.2, 0) is 40.5 Å². The Kier molecular flexibility index (Phi) is 7.63. The summed E-state index contributed by atoms with van der Waals surface area (Å²) in [6, 6.07) is 3.29. The van der Waals surface area contributed by atoms with Gasteiger partial charge in [0.05, 0.1) is 17.4 Å². The van der Waals surface area contributed by atoms with Crippen molar-refractivity contribution in [1.82, 2.24) is 10.2 Å². The second kappa shape index (κ2) is 10.8. The minimum atomic E-state index is -1.23. The van der Waals surface area contributed by atoms with E-state index in [0.717, 1.165) is 11.1 Å². The highest BCUT2D eigenvalue weighted by molar-refractivity contribution is 5.82. The summed E-state index contributed by atoms with van der Waals surface area (Å²) >= 11 is 0. The summed E-state index contributed by atoms with van der Waals surface area (Å²) in [5.74, 6) is -1.58. The molecule has 2 bridgehead atoms. The van der Waals surface area contributed by atoms with Crippen molar-refractivity contribution in [3.05, 3.63) is 35.1 Å². The van der Waals surface area contributed by atoms with Crippen LogP contribution in [0.3, 0.4) is 0 Å². The number of hydrogen-bond acceptors (Lipinski definition) is 10. The van der Waals surface area contributed by atoms with E-state index in [4.69, 9.17) is 14.2 Å². The molecule has 11 nitrogen and oxygen atoms in total. The number of carbonyl (C=O) groups excluding carboxylic acids is 4. The molecule has 4 aliphatic rings. The zero-order valence-corrected chi connectivity index (χ0v) is 23.9. The number of amides is 1. The maximum Gasteiger partial charge on any atom is 0.352 e. The van der Waals surface area contributed by atoms with Gasteiger partial charge in [-0.2, -0.15) is 0 Å². The number of rotatable bonds is 10. The highest BCUT2D eigenvalue weighted by Gasteiger charge is 2.72. The average Bonchev–Trinajstić information content (AvgIpc) is 3.28. The first kappa shape index (κ1) is 29.1. The standard InChI is InChI=1S/C30H38N2O9/c1-16(5-6-17(2)33)27(36)31-13-10-23(35)39-18(3)28(37)40-21-9-11-30(38)22-15-19-7-8-20(34)25-24(19)29(30,26(21)41-25)12-14-32(22)4/h7-9,16,18,22,26,34,38H,5-6,10-15H2,1-4H3,(H,31,36)/t16-,18-,22+,26-,29-,30+/m0/s1. The van der Waals surface area contributed by atoms with Gasteiger partial charge in [0.15, 0.2) is 23.7 Å². The van der Waals surface area contributed by atoms with Crippen LogP contribution >= 0.6 is 0 Å². The Hall–Kier alpha value is -3.44. The minimum absolute atomic E-state index is 0.00892. The molecule has 2 aliphatic carbocycles. The van der Waals surface area contributed by atoms with E-state index in [0.29, 0.717) is 38.0 Å². The average molecular weight is 571 g/mol. The number of benzene rings is 1. The molecule has 1 aromatic carbocycles. The lowest BCUT2D eigenvalue weighted by Gasteiger charge is -2.61. The van der Waals surface area contributed by atoms with Gasteiger partial charge in [0.1, 0.15) is 11.5 Å². The molecule has 1 spiro atoms. The third-order valence-electron chi connectivity index (χ3n) is 9.22. The highest BCUT2D eigenvalue weighted by atomic mass is 16.6. The van der Waals surface area contributed by atoms with Crippen molar-refractivity contribution in [2.24, 2.45) is 5.92 Å². The summed E-state index contributed by atoms with van der Waals surface area (Å²) in [4.78, 5) is 50.8. The van der Waals surface area contributed by atoms with E-state index >= 15 is 0 Å². The maximum absolute atomic E-state index is 13.0. The predicted octanol–water partition coefficient (Wildman–Crippen LogP) is 1.66. The number of hydrogen-bond donors (Lipinski definition) is 3. The number of phenols is 1. The van der Waals surface area contributed by atoms with Gasteiger partial charge in [-0.25, -0.2) is 4.79 Å². The maximum atomic E-state index is 13.0. The van der Waals surface area contributed by atoms with E-state index in [9.17, 15) is 29.4 Å². The van der Waals surface area contributed by atoms with Crippen LogP contribution in [0.15, 0.2) is 24.0 Å². The molecule has 1 aromatic rings. The van der Waals surface area contributed by atoms with Gasteiger partial charge in [0.25, 0.3) is 0 Å². The Morgan fingerprint density at radius 2 is 1.98 bits per heavy atom. The number of piperidine rings is 1. The Balaban J connectivity index is 1.23. The number of nitrogens with one attached hydrogen (secondary N) is 1. The van der Waals surface area contributed by atoms with Crippen molar-refractivity contribution in [3.63, 3.8) is 0 Å². The van der Waals surface area contributed by atoms with Crippen molar-refractivity contribution < 1.29 is 43.6 Å². The van der Waals surface area contributed by atoms with Crippen LogP contribution in [0.25, 0.3) is 0 Å². The molecule has 1 fully saturated rings. The monoisotopic (exact) mass is 570 g/mol. The van der Waals surface area contributed by atoms with Crippen molar-refractivity contribution >= 4 is 23.6 Å². The van der Waals surface area contributed by atoms with E-state index in [1.807, 2.05) is 13.1 Å². The third-order valence-corrected chi connectivity index (χ3v) is 9.22. The number of phenolic OH excluding ortho intramolecular Hbond substituents is 1. The quantitative estimate of drug-likeness (QED) is 0.354. The fourth-order valence-corrected chi connectivity index (χ4v) is 6.95. The van der Waals surface area contributed by atoms with Gasteiger partial charge in [-0.15, -0.1) is 0 Å². The Bertz CT molecular complexity index is 1310.